The maximum Gasteiger partial charge on any atom is 0.265 e. The van der Waals surface area contributed by atoms with Crippen LogP contribution in [0.2, 0.25) is 0 Å². The van der Waals surface area contributed by atoms with Gasteiger partial charge in [-0.05, 0) is 25.0 Å². The van der Waals surface area contributed by atoms with Crippen molar-refractivity contribution in [1.82, 2.24) is 24.2 Å². The van der Waals surface area contributed by atoms with Crippen LogP contribution in [0.3, 0.4) is 0 Å². The van der Waals surface area contributed by atoms with E-state index in [2.05, 4.69) is 5.10 Å². The average molecular weight is 410 g/mol. The van der Waals surface area contributed by atoms with E-state index in [1.54, 1.807) is 27.2 Å². The molecule has 7 nitrogen and oxygen atoms in total. The maximum absolute atomic E-state index is 13.2. The summed E-state index contributed by atoms with van der Waals surface area (Å²) >= 11 is 1.55. The number of nitrogens with zero attached hydrogens (tertiary/aromatic N) is 5. The summed E-state index contributed by atoms with van der Waals surface area (Å²) < 4.78 is 3.41. The molecule has 8 heteroatoms. The Kier molecular flexibility index (Phi) is 4.87. The van der Waals surface area contributed by atoms with Crippen LogP contribution in [0.25, 0.3) is 16.7 Å². The smallest absolute Gasteiger partial charge is 0.265 e. The molecule has 0 spiro atoms. The molecule has 0 saturated carbocycles. The summed E-state index contributed by atoms with van der Waals surface area (Å²) in [6, 6.07) is 9.54. The molecule has 1 amide bonds. The number of para-hydroxylation sites is 1. The molecule has 1 saturated heterocycles. The van der Waals surface area contributed by atoms with Crippen molar-refractivity contribution in [2.75, 3.05) is 18.8 Å². The predicted octanol–water partition coefficient (Wildman–Crippen LogP) is 3.02. The average Bonchev–Trinajstić information content (AvgIpc) is 3.23. The lowest BCUT2D eigenvalue weighted by atomic mass is 10.2. The molecule has 2 aliphatic heterocycles. The molecule has 0 N–H and O–H groups in total. The summed E-state index contributed by atoms with van der Waals surface area (Å²) in [7, 11) is 0. The lowest BCUT2D eigenvalue weighted by Crippen LogP contribution is -2.35. The largest absolute Gasteiger partial charge is 0.343 e. The molecule has 1 aromatic carbocycles. The highest BCUT2D eigenvalue weighted by Gasteiger charge is 2.31. The van der Waals surface area contributed by atoms with Crippen LogP contribution in [0.5, 0.6) is 0 Å². The van der Waals surface area contributed by atoms with Gasteiger partial charge in [0.05, 0.1) is 17.9 Å². The highest BCUT2D eigenvalue weighted by atomic mass is 32.2. The Bertz CT molecular complexity index is 1100. The summed E-state index contributed by atoms with van der Waals surface area (Å²) in [6.07, 6.45) is 6.48. The quantitative estimate of drug-likeness (QED) is 0.622. The number of likely N-dealkylation sites (tertiary alicyclic amines) is 1. The molecular formula is C21H23N5O2S. The Hall–Kier alpha value is -2.61. The fourth-order valence-electron chi connectivity index (χ4n) is 4.19. The van der Waals surface area contributed by atoms with E-state index in [0.29, 0.717) is 28.4 Å². The first-order valence-corrected chi connectivity index (χ1v) is 11.2. The summed E-state index contributed by atoms with van der Waals surface area (Å²) in [5.41, 5.74) is 1.33. The van der Waals surface area contributed by atoms with Crippen molar-refractivity contribution in [2.24, 2.45) is 0 Å². The third-order valence-electron chi connectivity index (χ3n) is 5.74. The summed E-state index contributed by atoms with van der Waals surface area (Å²) in [4.78, 5) is 32.8. The molecule has 1 atom stereocenters. The lowest BCUT2D eigenvalue weighted by molar-refractivity contribution is -0.131. The van der Waals surface area contributed by atoms with Gasteiger partial charge in [-0.3, -0.25) is 14.2 Å². The number of hydrogen-bond acceptors (Lipinski definition) is 5. The molecule has 2 aromatic heterocycles. The highest BCUT2D eigenvalue weighted by molar-refractivity contribution is 7.99. The minimum atomic E-state index is -0.143. The molecule has 0 bridgehead atoms. The standard InChI is InChI=1S/C21H23N5O2S/c27-18(24-10-6-1-2-7-11-24)12-16-14-29-21-23-19-17(20(28)25(16)21)13-22-26(19)15-8-4-3-5-9-15/h3-5,8-9,13,16H,1-2,6-7,10-12,14H2. The Morgan fingerprint density at radius 1 is 1.10 bits per heavy atom. The van der Waals surface area contributed by atoms with E-state index in [9.17, 15) is 9.59 Å². The van der Waals surface area contributed by atoms with Crippen LogP contribution in [0.15, 0.2) is 46.5 Å². The van der Waals surface area contributed by atoms with Gasteiger partial charge in [0.15, 0.2) is 10.8 Å². The fraction of sp³-hybridized carbons (Fsp3) is 0.429. The van der Waals surface area contributed by atoms with Crippen LogP contribution in [0.4, 0.5) is 0 Å². The van der Waals surface area contributed by atoms with Crippen molar-refractivity contribution in [3.8, 4) is 5.69 Å². The second-order valence-corrected chi connectivity index (χ2v) is 8.65. The molecule has 4 heterocycles. The zero-order valence-electron chi connectivity index (χ0n) is 16.2. The van der Waals surface area contributed by atoms with Crippen molar-refractivity contribution in [1.29, 1.82) is 0 Å². The highest BCUT2D eigenvalue weighted by Crippen LogP contribution is 2.34. The molecule has 3 aromatic rings. The second-order valence-electron chi connectivity index (χ2n) is 7.66. The zero-order valence-corrected chi connectivity index (χ0v) is 17.0. The van der Waals surface area contributed by atoms with Crippen molar-refractivity contribution in [2.45, 2.75) is 43.3 Å². The first kappa shape index (κ1) is 18.4. The number of aromatic nitrogens is 4. The summed E-state index contributed by atoms with van der Waals surface area (Å²) in [5.74, 6) is 0.852. The first-order valence-electron chi connectivity index (χ1n) is 10.2. The molecular weight excluding hydrogens is 386 g/mol. The molecule has 150 valence electrons. The number of benzene rings is 1. The lowest BCUT2D eigenvalue weighted by Gasteiger charge is -2.22. The molecule has 29 heavy (non-hydrogen) atoms. The van der Waals surface area contributed by atoms with Crippen molar-refractivity contribution in [3.05, 3.63) is 46.9 Å². The number of fused-ring (bicyclic) bond motifs is 2. The van der Waals surface area contributed by atoms with E-state index < -0.39 is 0 Å². The molecule has 1 unspecified atom stereocenters. The third-order valence-corrected chi connectivity index (χ3v) is 6.84. The van der Waals surface area contributed by atoms with Gasteiger partial charge < -0.3 is 4.90 Å². The number of thioether (sulfide) groups is 1. The predicted molar refractivity (Wildman–Crippen MR) is 113 cm³/mol. The minimum Gasteiger partial charge on any atom is -0.343 e. The second kappa shape index (κ2) is 7.67. The third kappa shape index (κ3) is 3.35. The van der Waals surface area contributed by atoms with Gasteiger partial charge in [-0.1, -0.05) is 42.8 Å². The van der Waals surface area contributed by atoms with Crippen molar-refractivity contribution < 1.29 is 4.79 Å². The van der Waals surface area contributed by atoms with Gasteiger partial charge in [0, 0.05) is 25.3 Å². The van der Waals surface area contributed by atoms with E-state index in [1.807, 2.05) is 35.2 Å². The van der Waals surface area contributed by atoms with Crippen LogP contribution >= 0.6 is 11.8 Å². The molecule has 0 aliphatic carbocycles. The van der Waals surface area contributed by atoms with Gasteiger partial charge in [0.25, 0.3) is 5.56 Å². The van der Waals surface area contributed by atoms with Gasteiger partial charge in [-0.15, -0.1) is 0 Å². The Morgan fingerprint density at radius 3 is 2.62 bits per heavy atom. The summed E-state index contributed by atoms with van der Waals surface area (Å²) in [6.45, 7) is 1.67. The van der Waals surface area contributed by atoms with E-state index in [-0.39, 0.29) is 17.5 Å². The van der Waals surface area contributed by atoms with E-state index in [1.165, 1.54) is 12.8 Å². The van der Waals surface area contributed by atoms with Crippen LogP contribution in [-0.4, -0.2) is 49.0 Å². The van der Waals surface area contributed by atoms with Crippen molar-refractivity contribution in [3.63, 3.8) is 0 Å². The maximum atomic E-state index is 13.2. The Morgan fingerprint density at radius 2 is 1.86 bits per heavy atom. The fourth-order valence-corrected chi connectivity index (χ4v) is 5.32. The topological polar surface area (TPSA) is 73.0 Å². The van der Waals surface area contributed by atoms with E-state index >= 15 is 0 Å². The van der Waals surface area contributed by atoms with Crippen LogP contribution in [0, 0.1) is 0 Å². The normalized spacial score (nSPS) is 19.3. The van der Waals surface area contributed by atoms with Gasteiger partial charge in [-0.25, -0.2) is 9.67 Å². The van der Waals surface area contributed by atoms with Crippen LogP contribution < -0.4 is 5.56 Å². The monoisotopic (exact) mass is 409 g/mol. The molecule has 0 radical (unpaired) electrons. The molecule has 2 aliphatic rings. The van der Waals surface area contributed by atoms with E-state index in [4.69, 9.17) is 4.98 Å². The first-order chi connectivity index (χ1) is 14.2. The zero-order chi connectivity index (χ0) is 19.8. The van der Waals surface area contributed by atoms with Crippen LogP contribution in [-0.2, 0) is 4.79 Å². The van der Waals surface area contributed by atoms with Gasteiger partial charge in [-0.2, -0.15) is 5.10 Å². The number of rotatable bonds is 3. The van der Waals surface area contributed by atoms with Gasteiger partial charge in [0.2, 0.25) is 5.91 Å². The number of hydrogen-bond donors (Lipinski definition) is 0. The van der Waals surface area contributed by atoms with Crippen molar-refractivity contribution >= 4 is 28.7 Å². The summed E-state index contributed by atoms with van der Waals surface area (Å²) in [5, 5.41) is 5.56. The van der Waals surface area contributed by atoms with Gasteiger partial charge in [0.1, 0.15) is 5.39 Å². The number of amides is 1. The number of carbonyl (C=O) groups excluding carboxylic acids is 1. The van der Waals surface area contributed by atoms with Crippen LogP contribution in [0.1, 0.15) is 38.1 Å². The minimum absolute atomic E-state index is 0.106. The molecule has 1 fully saturated rings. The van der Waals surface area contributed by atoms with E-state index in [0.717, 1.165) is 31.6 Å². The Balaban J connectivity index is 1.46. The molecule has 5 rings (SSSR count). The number of carbonyl (C=O) groups is 1. The SMILES string of the molecule is O=C(CC1CSc2nc3c(cnn3-c3ccccc3)c(=O)n21)N1CCCCCC1. The Labute approximate surface area is 172 Å². The van der Waals surface area contributed by atoms with Gasteiger partial charge >= 0.3 is 0 Å².